The van der Waals surface area contributed by atoms with Crippen LogP contribution in [0.15, 0.2) is 0 Å². The van der Waals surface area contributed by atoms with Crippen molar-refractivity contribution in [3.63, 3.8) is 0 Å². The van der Waals surface area contributed by atoms with E-state index in [1.54, 1.807) is 0 Å². The molecule has 2 rings (SSSR count). The summed E-state index contributed by atoms with van der Waals surface area (Å²) >= 11 is 0. The van der Waals surface area contributed by atoms with Gasteiger partial charge in [-0.25, -0.2) is 0 Å². The van der Waals surface area contributed by atoms with Gasteiger partial charge in [0.05, 0.1) is 6.54 Å². The first-order chi connectivity index (χ1) is 7.25. The van der Waals surface area contributed by atoms with Gasteiger partial charge in [0.25, 0.3) is 0 Å². The minimum absolute atomic E-state index is 0.384. The number of carbonyl (C=O) groups is 1. The summed E-state index contributed by atoms with van der Waals surface area (Å²) in [5.74, 6) is 1.67. The fourth-order valence-electron chi connectivity index (χ4n) is 3.02. The molecule has 0 aromatic rings. The van der Waals surface area contributed by atoms with Gasteiger partial charge in [-0.3, -0.25) is 9.69 Å². The lowest BCUT2D eigenvalue weighted by atomic mass is 9.80. The maximum Gasteiger partial charge on any atom is 0.149 e. The molecule has 2 heteroatoms. The molecule has 2 nitrogen and oxygen atoms in total. The van der Waals surface area contributed by atoms with Gasteiger partial charge in [0.1, 0.15) is 5.78 Å². The number of Topliss-reactive ketones (excluding diaryl/α,β-unsaturated/α-hetero) is 1. The molecule has 2 aliphatic rings. The van der Waals surface area contributed by atoms with Gasteiger partial charge in [-0.05, 0) is 44.7 Å². The summed E-state index contributed by atoms with van der Waals surface area (Å²) < 4.78 is 0. The highest BCUT2D eigenvalue weighted by atomic mass is 16.1. The van der Waals surface area contributed by atoms with Crippen molar-refractivity contribution < 1.29 is 4.79 Å². The molecule has 0 bridgehead atoms. The van der Waals surface area contributed by atoms with Crippen LogP contribution in [0.3, 0.4) is 0 Å². The molecule has 1 saturated heterocycles. The number of hydrogen-bond acceptors (Lipinski definition) is 2. The van der Waals surface area contributed by atoms with Crippen LogP contribution >= 0.6 is 0 Å². The molecule has 15 heavy (non-hydrogen) atoms. The minimum Gasteiger partial charge on any atom is -0.298 e. The van der Waals surface area contributed by atoms with Gasteiger partial charge in [0.15, 0.2) is 0 Å². The summed E-state index contributed by atoms with van der Waals surface area (Å²) in [6, 6.07) is 0. The molecule has 1 heterocycles. The number of ketones is 1. The largest absolute Gasteiger partial charge is 0.298 e. The molecular weight excluding hydrogens is 186 g/mol. The molecular formula is C13H23NO. The predicted molar refractivity (Wildman–Crippen MR) is 61.8 cm³/mol. The normalized spacial score (nSPS) is 33.1. The Bertz CT molecular complexity index is 221. The number of rotatable bonds is 3. The van der Waals surface area contributed by atoms with E-state index in [1.165, 1.54) is 25.7 Å². The molecule has 0 spiro atoms. The average molecular weight is 209 g/mol. The Kier molecular flexibility index (Phi) is 3.79. The van der Waals surface area contributed by atoms with E-state index >= 15 is 0 Å². The van der Waals surface area contributed by atoms with E-state index in [2.05, 4.69) is 11.8 Å². The first kappa shape index (κ1) is 11.1. The van der Waals surface area contributed by atoms with Crippen LogP contribution in [0.25, 0.3) is 0 Å². The topological polar surface area (TPSA) is 20.3 Å². The van der Waals surface area contributed by atoms with Crippen molar-refractivity contribution in [1.29, 1.82) is 0 Å². The smallest absolute Gasteiger partial charge is 0.149 e. The van der Waals surface area contributed by atoms with Crippen LogP contribution in [-0.2, 0) is 4.79 Å². The summed E-state index contributed by atoms with van der Waals surface area (Å²) in [6.07, 6.45) is 7.46. The van der Waals surface area contributed by atoms with Crippen molar-refractivity contribution in [3.8, 4) is 0 Å². The quantitative estimate of drug-likeness (QED) is 0.711. The van der Waals surface area contributed by atoms with Crippen molar-refractivity contribution in [3.05, 3.63) is 0 Å². The fourth-order valence-corrected chi connectivity index (χ4v) is 3.02. The van der Waals surface area contributed by atoms with E-state index in [-0.39, 0.29) is 0 Å². The third-order valence-electron chi connectivity index (χ3n) is 3.97. The molecule has 1 aliphatic heterocycles. The van der Waals surface area contributed by atoms with Gasteiger partial charge in [0.2, 0.25) is 0 Å². The average Bonchev–Trinajstić information content (AvgIpc) is 2.70. The van der Waals surface area contributed by atoms with Gasteiger partial charge >= 0.3 is 0 Å². The lowest BCUT2D eigenvalue weighted by molar-refractivity contribution is -0.125. The monoisotopic (exact) mass is 209 g/mol. The van der Waals surface area contributed by atoms with E-state index in [0.717, 1.165) is 38.4 Å². The van der Waals surface area contributed by atoms with Crippen LogP contribution in [-0.4, -0.2) is 30.3 Å². The molecule has 0 amide bonds. The van der Waals surface area contributed by atoms with Crippen LogP contribution in [0.4, 0.5) is 0 Å². The highest BCUT2D eigenvalue weighted by Gasteiger charge is 2.26. The first-order valence-electron chi connectivity index (χ1n) is 6.51. The molecule has 1 saturated carbocycles. The van der Waals surface area contributed by atoms with E-state index in [4.69, 9.17) is 0 Å². The highest BCUT2D eigenvalue weighted by molar-refractivity contribution is 5.83. The van der Waals surface area contributed by atoms with Crippen molar-refractivity contribution in [2.75, 3.05) is 19.6 Å². The van der Waals surface area contributed by atoms with Gasteiger partial charge < -0.3 is 0 Å². The summed E-state index contributed by atoms with van der Waals surface area (Å²) in [4.78, 5) is 14.4. The Labute approximate surface area is 93.0 Å². The van der Waals surface area contributed by atoms with Gasteiger partial charge in [0, 0.05) is 5.92 Å². The van der Waals surface area contributed by atoms with E-state index < -0.39 is 0 Å². The van der Waals surface area contributed by atoms with E-state index in [9.17, 15) is 4.79 Å². The Hall–Kier alpha value is -0.370. The predicted octanol–water partition coefficient (Wildman–Crippen LogP) is 2.48. The van der Waals surface area contributed by atoms with Gasteiger partial charge in [-0.15, -0.1) is 0 Å². The molecule has 0 aromatic carbocycles. The zero-order chi connectivity index (χ0) is 10.7. The molecule has 2 fully saturated rings. The van der Waals surface area contributed by atoms with Gasteiger partial charge in [-0.1, -0.05) is 19.8 Å². The van der Waals surface area contributed by atoms with Crippen molar-refractivity contribution in [2.45, 2.75) is 45.4 Å². The SMILES string of the molecule is CC1CCCC(C(=O)CN2CCCC2)C1. The summed E-state index contributed by atoms with van der Waals surface area (Å²) in [6.45, 7) is 5.31. The Balaban J connectivity index is 1.78. The number of carbonyl (C=O) groups excluding carboxylic acids is 1. The van der Waals surface area contributed by atoms with Crippen LogP contribution in [0, 0.1) is 11.8 Å². The maximum absolute atomic E-state index is 12.1. The minimum atomic E-state index is 0.384. The second kappa shape index (κ2) is 5.11. The fraction of sp³-hybridized carbons (Fsp3) is 0.923. The second-order valence-electron chi connectivity index (χ2n) is 5.42. The van der Waals surface area contributed by atoms with Gasteiger partial charge in [-0.2, -0.15) is 0 Å². The van der Waals surface area contributed by atoms with E-state index in [0.29, 0.717) is 11.7 Å². The first-order valence-corrected chi connectivity index (χ1v) is 6.51. The van der Waals surface area contributed by atoms with Crippen LogP contribution in [0.2, 0.25) is 0 Å². The van der Waals surface area contributed by atoms with Crippen LogP contribution in [0.1, 0.15) is 45.4 Å². The zero-order valence-electron chi connectivity index (χ0n) is 9.87. The van der Waals surface area contributed by atoms with Crippen molar-refractivity contribution >= 4 is 5.78 Å². The third kappa shape index (κ3) is 3.04. The maximum atomic E-state index is 12.1. The molecule has 0 aromatic heterocycles. The van der Waals surface area contributed by atoms with Crippen molar-refractivity contribution in [1.82, 2.24) is 4.90 Å². The highest BCUT2D eigenvalue weighted by Crippen LogP contribution is 2.29. The Morgan fingerprint density at radius 1 is 1.20 bits per heavy atom. The molecule has 2 unspecified atom stereocenters. The van der Waals surface area contributed by atoms with E-state index in [1.807, 2.05) is 0 Å². The second-order valence-corrected chi connectivity index (χ2v) is 5.42. The summed E-state index contributed by atoms with van der Waals surface area (Å²) in [5.41, 5.74) is 0. The Morgan fingerprint density at radius 3 is 2.60 bits per heavy atom. The number of hydrogen-bond donors (Lipinski definition) is 0. The molecule has 86 valence electrons. The van der Waals surface area contributed by atoms with Crippen molar-refractivity contribution in [2.24, 2.45) is 11.8 Å². The lowest BCUT2D eigenvalue weighted by Crippen LogP contribution is -2.33. The Morgan fingerprint density at radius 2 is 1.93 bits per heavy atom. The number of likely N-dealkylation sites (tertiary alicyclic amines) is 1. The lowest BCUT2D eigenvalue weighted by Gasteiger charge is -2.27. The molecule has 2 atom stereocenters. The summed E-state index contributed by atoms with van der Waals surface area (Å²) in [7, 11) is 0. The molecule has 0 N–H and O–H groups in total. The molecule has 0 radical (unpaired) electrons. The zero-order valence-corrected chi connectivity index (χ0v) is 9.87. The van der Waals surface area contributed by atoms with Crippen LogP contribution < -0.4 is 0 Å². The van der Waals surface area contributed by atoms with Crippen LogP contribution in [0.5, 0.6) is 0 Å². The summed E-state index contributed by atoms with van der Waals surface area (Å²) in [5, 5.41) is 0. The third-order valence-corrected chi connectivity index (χ3v) is 3.97. The number of nitrogens with zero attached hydrogens (tertiary/aromatic N) is 1. The standard InChI is InChI=1S/C13H23NO/c1-11-5-4-6-12(9-11)13(15)10-14-7-2-3-8-14/h11-12H,2-10H2,1H3. The molecule has 1 aliphatic carbocycles.